The minimum Gasteiger partial charge on any atom is -0.497 e. The molecule has 21 heavy (non-hydrogen) atoms. The number of β-amino-alcohol motifs (C(OH)–C–C–N with tert-alkyl or cyclic N) is 1. The van der Waals surface area contributed by atoms with Crippen molar-refractivity contribution >= 4 is 0 Å². The highest BCUT2D eigenvalue weighted by molar-refractivity contribution is 5.31. The summed E-state index contributed by atoms with van der Waals surface area (Å²) in [4.78, 5) is 2.20. The second-order valence-corrected chi connectivity index (χ2v) is 5.33. The fourth-order valence-corrected chi connectivity index (χ4v) is 2.81. The molecular formula is C14H19N5O2. The van der Waals surface area contributed by atoms with E-state index >= 15 is 0 Å². The number of aryl methyl sites for hydroxylation is 1. The third-order valence-corrected chi connectivity index (χ3v) is 3.91. The summed E-state index contributed by atoms with van der Waals surface area (Å²) in [7, 11) is 3.48. The molecule has 0 spiro atoms. The maximum absolute atomic E-state index is 10.0. The molecule has 1 aromatic carbocycles. The fraction of sp³-hybridized carbons (Fsp3) is 0.500. The van der Waals surface area contributed by atoms with Gasteiger partial charge in [0.15, 0.2) is 5.82 Å². The van der Waals surface area contributed by atoms with Gasteiger partial charge in [-0.15, -0.1) is 5.10 Å². The normalized spacial score (nSPS) is 22.6. The van der Waals surface area contributed by atoms with E-state index in [1.54, 1.807) is 11.8 Å². The molecule has 2 atom stereocenters. The molecule has 1 saturated heterocycles. The van der Waals surface area contributed by atoms with E-state index in [1.807, 2.05) is 25.2 Å². The first-order valence-corrected chi connectivity index (χ1v) is 6.94. The molecule has 112 valence electrons. The summed E-state index contributed by atoms with van der Waals surface area (Å²) in [5.74, 6) is 1.62. The van der Waals surface area contributed by atoms with Gasteiger partial charge in [-0.1, -0.05) is 12.1 Å². The van der Waals surface area contributed by atoms with E-state index in [1.165, 1.54) is 0 Å². The van der Waals surface area contributed by atoms with Crippen molar-refractivity contribution in [3.63, 3.8) is 0 Å². The Bertz CT molecular complexity index is 615. The van der Waals surface area contributed by atoms with Crippen LogP contribution in [0.5, 0.6) is 5.75 Å². The second-order valence-electron chi connectivity index (χ2n) is 5.33. The van der Waals surface area contributed by atoms with E-state index < -0.39 is 0 Å². The molecule has 0 saturated carbocycles. The number of aromatic nitrogens is 4. The van der Waals surface area contributed by atoms with Crippen LogP contribution in [0.1, 0.15) is 23.9 Å². The fourth-order valence-electron chi connectivity index (χ4n) is 2.81. The Morgan fingerprint density at radius 1 is 1.43 bits per heavy atom. The van der Waals surface area contributed by atoms with Crippen LogP contribution in [0.15, 0.2) is 24.3 Å². The number of tetrazole rings is 1. The molecule has 1 aliphatic rings. The van der Waals surface area contributed by atoms with Crippen LogP contribution in [-0.2, 0) is 13.6 Å². The molecule has 2 aromatic rings. The average molecular weight is 289 g/mol. The predicted molar refractivity (Wildman–Crippen MR) is 75.6 cm³/mol. The van der Waals surface area contributed by atoms with Crippen molar-refractivity contribution in [1.29, 1.82) is 0 Å². The van der Waals surface area contributed by atoms with Crippen LogP contribution in [0.2, 0.25) is 0 Å². The van der Waals surface area contributed by atoms with Gasteiger partial charge in [-0.2, -0.15) is 0 Å². The first-order valence-electron chi connectivity index (χ1n) is 6.94. The smallest absolute Gasteiger partial charge is 0.165 e. The number of hydrogen-bond acceptors (Lipinski definition) is 6. The third-order valence-electron chi connectivity index (χ3n) is 3.91. The molecule has 0 bridgehead atoms. The Morgan fingerprint density at radius 2 is 2.29 bits per heavy atom. The molecule has 7 nitrogen and oxygen atoms in total. The van der Waals surface area contributed by atoms with Crippen LogP contribution < -0.4 is 4.74 Å². The van der Waals surface area contributed by atoms with Gasteiger partial charge in [0, 0.05) is 19.6 Å². The molecule has 2 heterocycles. The molecule has 0 aliphatic carbocycles. The van der Waals surface area contributed by atoms with E-state index in [9.17, 15) is 5.11 Å². The Balaban J connectivity index is 1.83. The zero-order valence-electron chi connectivity index (χ0n) is 12.2. The highest BCUT2D eigenvalue weighted by Gasteiger charge is 2.33. The summed E-state index contributed by atoms with van der Waals surface area (Å²) in [5.41, 5.74) is 1.14. The van der Waals surface area contributed by atoms with E-state index in [-0.39, 0.29) is 12.1 Å². The van der Waals surface area contributed by atoms with Gasteiger partial charge < -0.3 is 9.84 Å². The van der Waals surface area contributed by atoms with Crippen molar-refractivity contribution in [3.05, 3.63) is 35.7 Å². The number of rotatable bonds is 4. The summed E-state index contributed by atoms with van der Waals surface area (Å²) in [6.07, 6.45) is 0.376. The SMILES string of the molecule is COc1cccc([C@H]2C[C@@H](O)CN2Cc2nnnn2C)c1. The van der Waals surface area contributed by atoms with E-state index in [4.69, 9.17) is 4.74 Å². The van der Waals surface area contributed by atoms with Gasteiger partial charge >= 0.3 is 0 Å². The maximum Gasteiger partial charge on any atom is 0.165 e. The molecule has 1 fully saturated rings. The Labute approximate surface area is 123 Å². The van der Waals surface area contributed by atoms with Crippen LogP contribution in [0.4, 0.5) is 0 Å². The Morgan fingerprint density at radius 3 is 3.00 bits per heavy atom. The third kappa shape index (κ3) is 2.88. The molecule has 1 aliphatic heterocycles. The molecule has 1 N–H and O–H groups in total. The van der Waals surface area contributed by atoms with Crippen LogP contribution >= 0.6 is 0 Å². The molecule has 0 radical (unpaired) electrons. The number of nitrogens with zero attached hydrogens (tertiary/aromatic N) is 5. The lowest BCUT2D eigenvalue weighted by Gasteiger charge is -2.23. The van der Waals surface area contributed by atoms with Gasteiger partial charge in [0.25, 0.3) is 0 Å². The summed E-state index contributed by atoms with van der Waals surface area (Å²) >= 11 is 0. The zero-order valence-corrected chi connectivity index (χ0v) is 12.2. The van der Waals surface area contributed by atoms with Crippen molar-refractivity contribution in [1.82, 2.24) is 25.1 Å². The highest BCUT2D eigenvalue weighted by atomic mass is 16.5. The lowest BCUT2D eigenvalue weighted by Crippen LogP contribution is -2.26. The first-order chi connectivity index (χ1) is 10.2. The van der Waals surface area contributed by atoms with Crippen molar-refractivity contribution < 1.29 is 9.84 Å². The van der Waals surface area contributed by atoms with E-state index in [0.717, 1.165) is 17.1 Å². The summed E-state index contributed by atoms with van der Waals surface area (Å²) in [5, 5.41) is 21.6. The molecule has 1 aromatic heterocycles. The van der Waals surface area contributed by atoms with Crippen LogP contribution in [0, 0.1) is 0 Å². The van der Waals surface area contributed by atoms with Gasteiger partial charge in [0.1, 0.15) is 5.75 Å². The number of aliphatic hydroxyl groups excluding tert-OH is 1. The summed E-state index contributed by atoms with van der Waals surface area (Å²) < 4.78 is 6.94. The van der Waals surface area contributed by atoms with E-state index in [2.05, 4.69) is 26.5 Å². The van der Waals surface area contributed by atoms with Crippen molar-refractivity contribution in [2.45, 2.75) is 25.1 Å². The molecule has 3 rings (SSSR count). The molecule has 0 amide bonds. The lowest BCUT2D eigenvalue weighted by atomic mass is 10.0. The number of benzene rings is 1. The quantitative estimate of drug-likeness (QED) is 0.884. The number of hydrogen-bond donors (Lipinski definition) is 1. The lowest BCUT2D eigenvalue weighted by molar-refractivity contribution is 0.170. The minimum atomic E-state index is -0.331. The van der Waals surface area contributed by atoms with Crippen LogP contribution in [0.3, 0.4) is 0 Å². The van der Waals surface area contributed by atoms with Crippen molar-refractivity contribution in [2.24, 2.45) is 7.05 Å². The summed E-state index contributed by atoms with van der Waals surface area (Å²) in [6, 6.07) is 8.12. The van der Waals surface area contributed by atoms with Crippen molar-refractivity contribution in [3.8, 4) is 5.75 Å². The van der Waals surface area contributed by atoms with Gasteiger partial charge in [-0.05, 0) is 34.5 Å². The van der Waals surface area contributed by atoms with E-state index in [0.29, 0.717) is 19.5 Å². The predicted octanol–water partition coefficient (Wildman–Crippen LogP) is 0.527. The number of likely N-dealkylation sites (tertiary alicyclic amines) is 1. The van der Waals surface area contributed by atoms with Gasteiger partial charge in [0.05, 0.1) is 19.8 Å². The number of methoxy groups -OCH3 is 1. The molecular weight excluding hydrogens is 270 g/mol. The minimum absolute atomic E-state index is 0.145. The van der Waals surface area contributed by atoms with Crippen molar-refractivity contribution in [2.75, 3.05) is 13.7 Å². The highest BCUT2D eigenvalue weighted by Crippen LogP contribution is 2.34. The standard InChI is InChI=1S/C14H19N5O2/c1-18-14(15-16-17-18)9-19-8-11(20)7-13(19)10-4-3-5-12(6-10)21-2/h3-6,11,13,20H,7-9H2,1-2H3/t11-,13-/m1/s1. The Kier molecular flexibility index (Phi) is 3.85. The summed E-state index contributed by atoms with van der Waals surface area (Å²) in [6.45, 7) is 1.23. The zero-order chi connectivity index (χ0) is 14.8. The number of ether oxygens (including phenoxy) is 1. The first kappa shape index (κ1) is 14.0. The largest absolute Gasteiger partial charge is 0.497 e. The van der Waals surface area contributed by atoms with Crippen LogP contribution in [-0.4, -0.2) is 50.0 Å². The van der Waals surface area contributed by atoms with Crippen LogP contribution in [0.25, 0.3) is 0 Å². The van der Waals surface area contributed by atoms with Gasteiger partial charge in [0.2, 0.25) is 0 Å². The number of aliphatic hydroxyl groups is 1. The molecule has 7 heteroatoms. The Hall–Kier alpha value is -1.99. The topological polar surface area (TPSA) is 76.3 Å². The van der Waals surface area contributed by atoms with Gasteiger partial charge in [-0.3, -0.25) is 4.90 Å². The van der Waals surface area contributed by atoms with Gasteiger partial charge in [-0.25, -0.2) is 4.68 Å². The monoisotopic (exact) mass is 289 g/mol. The molecule has 0 unspecified atom stereocenters. The maximum atomic E-state index is 10.0. The second kappa shape index (κ2) is 5.79. The average Bonchev–Trinajstić information content (AvgIpc) is 3.06.